The number of rotatable bonds is 4. The van der Waals surface area contributed by atoms with Crippen LogP contribution in [0.1, 0.15) is 32.1 Å². The number of fused-ring (bicyclic) bond motifs is 1. The molecule has 3 aliphatic rings. The molecule has 0 spiro atoms. The van der Waals surface area contributed by atoms with E-state index in [1.54, 1.807) is 0 Å². The SMILES string of the molecule is O=C(CC1CCNCC1)NCC1CN2CCCC2CO1. The summed E-state index contributed by atoms with van der Waals surface area (Å²) in [5.41, 5.74) is 0. The van der Waals surface area contributed by atoms with E-state index in [1.807, 2.05) is 0 Å². The molecule has 2 N–H and O–H groups in total. The zero-order valence-electron chi connectivity index (χ0n) is 12.3. The third-order valence-electron chi connectivity index (χ3n) is 4.92. The maximum Gasteiger partial charge on any atom is 0.220 e. The van der Waals surface area contributed by atoms with Crippen molar-refractivity contribution in [2.24, 2.45) is 5.92 Å². The van der Waals surface area contributed by atoms with Gasteiger partial charge in [-0.25, -0.2) is 0 Å². The van der Waals surface area contributed by atoms with E-state index in [9.17, 15) is 4.79 Å². The van der Waals surface area contributed by atoms with E-state index in [4.69, 9.17) is 4.74 Å². The average molecular weight is 281 g/mol. The van der Waals surface area contributed by atoms with E-state index in [0.717, 1.165) is 39.1 Å². The molecule has 0 aromatic rings. The molecule has 0 aliphatic carbocycles. The molecular weight excluding hydrogens is 254 g/mol. The number of ether oxygens (including phenoxy) is 1. The van der Waals surface area contributed by atoms with E-state index in [1.165, 1.54) is 19.4 Å². The van der Waals surface area contributed by atoms with Crippen LogP contribution in [0.3, 0.4) is 0 Å². The highest BCUT2D eigenvalue weighted by Crippen LogP contribution is 2.22. The Balaban J connectivity index is 1.35. The fraction of sp³-hybridized carbons (Fsp3) is 0.933. The molecule has 5 nitrogen and oxygen atoms in total. The number of hydrogen-bond acceptors (Lipinski definition) is 4. The number of nitrogens with zero attached hydrogens (tertiary/aromatic N) is 1. The van der Waals surface area contributed by atoms with Crippen LogP contribution in [-0.2, 0) is 9.53 Å². The van der Waals surface area contributed by atoms with Gasteiger partial charge in [-0.2, -0.15) is 0 Å². The summed E-state index contributed by atoms with van der Waals surface area (Å²) in [4.78, 5) is 14.5. The molecule has 0 aromatic heterocycles. The highest BCUT2D eigenvalue weighted by Gasteiger charge is 2.32. The molecule has 2 atom stereocenters. The number of hydrogen-bond donors (Lipinski definition) is 2. The Morgan fingerprint density at radius 3 is 3.00 bits per heavy atom. The first-order valence-corrected chi connectivity index (χ1v) is 8.14. The molecule has 3 heterocycles. The summed E-state index contributed by atoms with van der Waals surface area (Å²) in [7, 11) is 0. The minimum atomic E-state index is 0.182. The lowest BCUT2D eigenvalue weighted by Gasteiger charge is -2.35. The third-order valence-corrected chi connectivity index (χ3v) is 4.92. The maximum absolute atomic E-state index is 12.0. The molecule has 0 bridgehead atoms. The van der Waals surface area contributed by atoms with Crippen LogP contribution in [0.2, 0.25) is 0 Å². The normalized spacial score (nSPS) is 32.0. The summed E-state index contributed by atoms with van der Waals surface area (Å²) in [5, 5.41) is 6.40. The summed E-state index contributed by atoms with van der Waals surface area (Å²) in [6.45, 7) is 5.81. The van der Waals surface area contributed by atoms with Crippen molar-refractivity contribution in [3.05, 3.63) is 0 Å². The Morgan fingerprint density at radius 1 is 1.30 bits per heavy atom. The first-order valence-electron chi connectivity index (χ1n) is 8.14. The van der Waals surface area contributed by atoms with Gasteiger partial charge in [0.05, 0.1) is 12.7 Å². The molecule has 0 saturated carbocycles. The van der Waals surface area contributed by atoms with Gasteiger partial charge in [-0.15, -0.1) is 0 Å². The lowest BCUT2D eigenvalue weighted by atomic mass is 9.94. The minimum Gasteiger partial charge on any atom is -0.373 e. The lowest BCUT2D eigenvalue weighted by Crippen LogP contribution is -2.50. The summed E-state index contributed by atoms with van der Waals surface area (Å²) in [5.74, 6) is 0.760. The summed E-state index contributed by atoms with van der Waals surface area (Å²) >= 11 is 0. The third kappa shape index (κ3) is 3.71. The van der Waals surface area contributed by atoms with Crippen LogP contribution in [-0.4, -0.2) is 62.3 Å². The first kappa shape index (κ1) is 14.3. The van der Waals surface area contributed by atoms with E-state index in [-0.39, 0.29) is 12.0 Å². The molecule has 3 rings (SSSR count). The monoisotopic (exact) mass is 281 g/mol. The number of amides is 1. The van der Waals surface area contributed by atoms with E-state index in [0.29, 0.717) is 24.9 Å². The van der Waals surface area contributed by atoms with Gasteiger partial charge in [-0.1, -0.05) is 0 Å². The highest BCUT2D eigenvalue weighted by atomic mass is 16.5. The van der Waals surface area contributed by atoms with Crippen LogP contribution in [0.15, 0.2) is 0 Å². The van der Waals surface area contributed by atoms with Gasteiger partial charge >= 0.3 is 0 Å². The van der Waals surface area contributed by atoms with Crippen molar-refractivity contribution in [1.82, 2.24) is 15.5 Å². The number of carbonyl (C=O) groups is 1. The number of piperidine rings is 1. The van der Waals surface area contributed by atoms with Crippen molar-refractivity contribution in [3.8, 4) is 0 Å². The van der Waals surface area contributed by atoms with Crippen molar-refractivity contribution >= 4 is 5.91 Å². The summed E-state index contributed by atoms with van der Waals surface area (Å²) in [6, 6.07) is 0.636. The standard InChI is InChI=1S/C15H27N3O2/c19-15(8-12-3-5-16-6-4-12)17-9-14-10-18-7-1-2-13(18)11-20-14/h12-14,16H,1-11H2,(H,17,19). The van der Waals surface area contributed by atoms with Gasteiger partial charge in [-0.3, -0.25) is 9.69 Å². The molecule has 20 heavy (non-hydrogen) atoms. The van der Waals surface area contributed by atoms with Gasteiger partial charge in [0.1, 0.15) is 0 Å². The topological polar surface area (TPSA) is 53.6 Å². The minimum absolute atomic E-state index is 0.182. The Bertz CT molecular complexity index is 331. The van der Waals surface area contributed by atoms with Crippen molar-refractivity contribution in [2.45, 2.75) is 44.2 Å². The fourth-order valence-electron chi connectivity index (χ4n) is 3.66. The van der Waals surface area contributed by atoms with Gasteiger partial charge in [0, 0.05) is 25.6 Å². The molecule has 3 fully saturated rings. The summed E-state index contributed by atoms with van der Waals surface area (Å²) < 4.78 is 5.87. The zero-order chi connectivity index (χ0) is 13.8. The number of nitrogens with one attached hydrogen (secondary N) is 2. The van der Waals surface area contributed by atoms with Crippen LogP contribution < -0.4 is 10.6 Å². The van der Waals surface area contributed by atoms with Gasteiger partial charge < -0.3 is 15.4 Å². The first-order chi connectivity index (χ1) is 9.81. The largest absolute Gasteiger partial charge is 0.373 e. The fourth-order valence-corrected chi connectivity index (χ4v) is 3.66. The molecule has 3 aliphatic heterocycles. The Hall–Kier alpha value is -0.650. The number of carbonyl (C=O) groups excluding carboxylic acids is 1. The van der Waals surface area contributed by atoms with Gasteiger partial charge in [0.2, 0.25) is 5.91 Å². The lowest BCUT2D eigenvalue weighted by molar-refractivity contribution is -0.123. The molecule has 0 radical (unpaired) electrons. The highest BCUT2D eigenvalue weighted by molar-refractivity contribution is 5.76. The molecule has 5 heteroatoms. The molecule has 114 valence electrons. The van der Waals surface area contributed by atoms with Gasteiger partial charge in [-0.05, 0) is 51.2 Å². The molecule has 3 saturated heterocycles. The number of morpholine rings is 1. The second kappa shape index (κ2) is 6.87. The van der Waals surface area contributed by atoms with E-state index in [2.05, 4.69) is 15.5 Å². The van der Waals surface area contributed by atoms with E-state index >= 15 is 0 Å². The molecule has 1 amide bonds. The van der Waals surface area contributed by atoms with Gasteiger partial charge in [0.15, 0.2) is 0 Å². The zero-order valence-corrected chi connectivity index (χ0v) is 12.3. The Labute approximate surface area is 121 Å². The average Bonchev–Trinajstić information content (AvgIpc) is 2.93. The van der Waals surface area contributed by atoms with Crippen molar-refractivity contribution in [2.75, 3.05) is 39.3 Å². The van der Waals surface area contributed by atoms with Crippen LogP contribution >= 0.6 is 0 Å². The Morgan fingerprint density at radius 2 is 2.15 bits per heavy atom. The van der Waals surface area contributed by atoms with Gasteiger partial charge in [0.25, 0.3) is 0 Å². The second-order valence-corrected chi connectivity index (χ2v) is 6.45. The summed E-state index contributed by atoms with van der Waals surface area (Å²) in [6.07, 6.45) is 5.69. The molecular formula is C15H27N3O2. The second-order valence-electron chi connectivity index (χ2n) is 6.45. The van der Waals surface area contributed by atoms with Crippen LogP contribution in [0.4, 0.5) is 0 Å². The van der Waals surface area contributed by atoms with E-state index < -0.39 is 0 Å². The van der Waals surface area contributed by atoms with Crippen LogP contribution in [0.5, 0.6) is 0 Å². The Kier molecular flexibility index (Phi) is 4.91. The van der Waals surface area contributed by atoms with Crippen molar-refractivity contribution in [3.63, 3.8) is 0 Å². The van der Waals surface area contributed by atoms with Crippen molar-refractivity contribution < 1.29 is 9.53 Å². The predicted octanol–water partition coefficient (Wildman–Crippen LogP) is 0.356. The van der Waals surface area contributed by atoms with Crippen molar-refractivity contribution in [1.29, 1.82) is 0 Å². The van der Waals surface area contributed by atoms with Crippen LogP contribution in [0.25, 0.3) is 0 Å². The predicted molar refractivity (Wildman–Crippen MR) is 77.6 cm³/mol. The van der Waals surface area contributed by atoms with Crippen LogP contribution in [0, 0.1) is 5.92 Å². The smallest absolute Gasteiger partial charge is 0.220 e. The molecule has 2 unspecified atom stereocenters. The quantitative estimate of drug-likeness (QED) is 0.781. The molecule has 0 aromatic carbocycles. The maximum atomic E-state index is 12.0.